The molecule has 7 heteroatoms. The average Bonchev–Trinajstić information content (AvgIpc) is 2.55. The second-order valence-corrected chi connectivity index (χ2v) is 6.24. The predicted molar refractivity (Wildman–Crippen MR) is 96.0 cm³/mol. The lowest BCUT2D eigenvalue weighted by Gasteiger charge is -2.38. The first-order chi connectivity index (χ1) is 11.5. The zero-order valence-corrected chi connectivity index (χ0v) is 14.8. The van der Waals surface area contributed by atoms with Crippen molar-refractivity contribution >= 4 is 36.0 Å². The lowest BCUT2D eigenvalue weighted by Crippen LogP contribution is -2.64. The topological polar surface area (TPSA) is 78.5 Å². The molecule has 2 N–H and O–H groups in total. The Bertz CT molecular complexity index is 618. The van der Waals surface area contributed by atoms with Crippen LogP contribution in [0.5, 0.6) is 0 Å². The van der Waals surface area contributed by atoms with E-state index in [4.69, 9.17) is 0 Å². The summed E-state index contributed by atoms with van der Waals surface area (Å²) in [6.07, 6.45) is 1.23. The molecule has 1 aromatic rings. The lowest BCUT2D eigenvalue weighted by molar-refractivity contribution is -0.148. The number of carbonyl (C=O) groups excluding carboxylic acids is 3. The van der Waals surface area contributed by atoms with Crippen LogP contribution in [0.2, 0.25) is 0 Å². The maximum atomic E-state index is 12.5. The van der Waals surface area contributed by atoms with E-state index in [0.29, 0.717) is 24.4 Å². The molecule has 2 atom stereocenters. The number of thiol groups is 1. The fourth-order valence-corrected chi connectivity index (χ4v) is 3.06. The van der Waals surface area contributed by atoms with Gasteiger partial charge in [0, 0.05) is 31.3 Å². The minimum Gasteiger partial charge on any atom is -0.342 e. The van der Waals surface area contributed by atoms with Crippen LogP contribution in [-0.2, 0) is 20.8 Å². The van der Waals surface area contributed by atoms with E-state index in [0.717, 1.165) is 12.0 Å². The van der Waals surface area contributed by atoms with Crippen molar-refractivity contribution in [2.45, 2.75) is 38.8 Å². The molecule has 1 aromatic carbocycles. The molecule has 0 spiro atoms. The summed E-state index contributed by atoms with van der Waals surface area (Å²) < 4.78 is 0. The highest BCUT2D eigenvalue weighted by atomic mass is 32.1. The van der Waals surface area contributed by atoms with Crippen LogP contribution in [-0.4, -0.2) is 47.0 Å². The van der Waals surface area contributed by atoms with Crippen LogP contribution in [0.15, 0.2) is 24.3 Å². The second kappa shape index (κ2) is 8.19. The maximum Gasteiger partial charge on any atom is 0.246 e. The molecule has 6 nitrogen and oxygen atoms in total. The standard InChI is InChI=1S/C17H23N3O3S/c1-3-8-20-15(16(22)19-14(10-24)17(20)23)9-12-4-6-13(7-5-12)18-11(2)21/h4-7,14-15,24H,3,8-10H2,1-2H3,(H,18,21)(H,19,22)/t14-,15-/m0/s1. The Kier molecular flexibility index (Phi) is 6.25. The van der Waals surface area contributed by atoms with Crippen LogP contribution in [0.3, 0.4) is 0 Å². The molecule has 1 heterocycles. The molecule has 1 aliphatic heterocycles. The molecule has 0 saturated carbocycles. The molecule has 1 saturated heterocycles. The number of hydrogen-bond donors (Lipinski definition) is 3. The van der Waals surface area contributed by atoms with Gasteiger partial charge in [-0.25, -0.2) is 0 Å². The highest BCUT2D eigenvalue weighted by Crippen LogP contribution is 2.18. The quantitative estimate of drug-likeness (QED) is 0.676. The van der Waals surface area contributed by atoms with Crippen molar-refractivity contribution in [2.75, 3.05) is 17.6 Å². The minimum atomic E-state index is -0.550. The molecule has 0 aliphatic carbocycles. The molecule has 1 aliphatic rings. The first-order valence-corrected chi connectivity index (χ1v) is 8.67. The summed E-state index contributed by atoms with van der Waals surface area (Å²) in [5.74, 6) is -0.0607. The zero-order valence-electron chi connectivity index (χ0n) is 13.9. The van der Waals surface area contributed by atoms with Gasteiger partial charge < -0.3 is 15.5 Å². The largest absolute Gasteiger partial charge is 0.342 e. The predicted octanol–water partition coefficient (Wildman–Crippen LogP) is 1.22. The minimum absolute atomic E-state index is 0.0775. The summed E-state index contributed by atoms with van der Waals surface area (Å²) in [6.45, 7) is 3.98. The van der Waals surface area contributed by atoms with Crippen molar-refractivity contribution in [1.82, 2.24) is 10.2 Å². The Balaban J connectivity index is 2.14. The smallest absolute Gasteiger partial charge is 0.246 e. The third-order valence-corrected chi connectivity index (χ3v) is 4.29. The molecule has 1 fully saturated rings. The van der Waals surface area contributed by atoms with E-state index >= 15 is 0 Å². The summed E-state index contributed by atoms with van der Waals surface area (Å²) in [6, 6.07) is 6.24. The summed E-state index contributed by atoms with van der Waals surface area (Å²) in [4.78, 5) is 37.6. The van der Waals surface area contributed by atoms with Gasteiger partial charge in [0.2, 0.25) is 17.7 Å². The van der Waals surface area contributed by atoms with Crippen LogP contribution in [0, 0.1) is 0 Å². The molecule has 130 valence electrons. The normalized spacial score (nSPS) is 20.7. The van der Waals surface area contributed by atoms with Crippen molar-refractivity contribution in [2.24, 2.45) is 0 Å². The number of carbonyl (C=O) groups is 3. The van der Waals surface area contributed by atoms with E-state index in [-0.39, 0.29) is 17.7 Å². The molecule has 24 heavy (non-hydrogen) atoms. The fraction of sp³-hybridized carbons (Fsp3) is 0.471. The average molecular weight is 349 g/mol. The summed E-state index contributed by atoms with van der Waals surface area (Å²) in [5, 5.41) is 5.45. The Morgan fingerprint density at radius 2 is 1.96 bits per heavy atom. The van der Waals surface area contributed by atoms with Crippen molar-refractivity contribution in [3.05, 3.63) is 29.8 Å². The Labute approximate surface area is 147 Å². The number of rotatable bonds is 6. The second-order valence-electron chi connectivity index (χ2n) is 5.87. The lowest BCUT2D eigenvalue weighted by atomic mass is 9.99. The van der Waals surface area contributed by atoms with Crippen molar-refractivity contribution in [1.29, 1.82) is 0 Å². The molecule has 2 rings (SSSR count). The number of nitrogens with one attached hydrogen (secondary N) is 2. The van der Waals surface area contributed by atoms with E-state index in [9.17, 15) is 14.4 Å². The fourth-order valence-electron chi connectivity index (χ4n) is 2.81. The van der Waals surface area contributed by atoms with Gasteiger partial charge in [0.05, 0.1) is 0 Å². The first kappa shape index (κ1) is 18.3. The number of anilines is 1. The van der Waals surface area contributed by atoms with Gasteiger partial charge in [-0.1, -0.05) is 19.1 Å². The third kappa shape index (κ3) is 4.29. The molecule has 0 aromatic heterocycles. The van der Waals surface area contributed by atoms with E-state index in [1.54, 1.807) is 17.0 Å². The molecular formula is C17H23N3O3S. The summed E-state index contributed by atoms with van der Waals surface area (Å²) in [5.41, 5.74) is 1.64. The van der Waals surface area contributed by atoms with E-state index in [2.05, 4.69) is 23.3 Å². The van der Waals surface area contributed by atoms with Crippen molar-refractivity contribution in [3.8, 4) is 0 Å². The number of hydrogen-bond acceptors (Lipinski definition) is 4. The van der Waals surface area contributed by atoms with Gasteiger partial charge in [-0.05, 0) is 24.1 Å². The number of amides is 3. The summed E-state index contributed by atoms with van der Waals surface area (Å²) in [7, 11) is 0. The van der Waals surface area contributed by atoms with Crippen LogP contribution < -0.4 is 10.6 Å². The first-order valence-electron chi connectivity index (χ1n) is 8.04. The number of piperazine rings is 1. The van der Waals surface area contributed by atoms with Crippen LogP contribution >= 0.6 is 12.6 Å². The van der Waals surface area contributed by atoms with Crippen LogP contribution in [0.4, 0.5) is 5.69 Å². The van der Waals surface area contributed by atoms with E-state index in [1.807, 2.05) is 19.1 Å². The van der Waals surface area contributed by atoms with E-state index in [1.165, 1.54) is 6.92 Å². The van der Waals surface area contributed by atoms with E-state index < -0.39 is 12.1 Å². The molecule has 0 bridgehead atoms. The highest BCUT2D eigenvalue weighted by molar-refractivity contribution is 7.80. The molecule has 0 unspecified atom stereocenters. The number of nitrogens with zero attached hydrogens (tertiary/aromatic N) is 1. The number of benzene rings is 1. The Morgan fingerprint density at radius 3 is 2.50 bits per heavy atom. The Hall–Kier alpha value is -2.02. The highest BCUT2D eigenvalue weighted by Gasteiger charge is 2.39. The monoisotopic (exact) mass is 349 g/mol. The van der Waals surface area contributed by atoms with Gasteiger partial charge in [0.15, 0.2) is 0 Å². The van der Waals surface area contributed by atoms with Crippen molar-refractivity contribution < 1.29 is 14.4 Å². The SMILES string of the molecule is CCCN1C(=O)[C@H](CS)NC(=O)[C@@H]1Cc1ccc(NC(C)=O)cc1. The molecule has 3 amide bonds. The van der Waals surface area contributed by atoms with Gasteiger partial charge in [0.25, 0.3) is 0 Å². The Morgan fingerprint density at radius 1 is 1.29 bits per heavy atom. The zero-order chi connectivity index (χ0) is 17.7. The van der Waals surface area contributed by atoms with Gasteiger partial charge in [-0.3, -0.25) is 14.4 Å². The molecule has 0 radical (unpaired) electrons. The van der Waals surface area contributed by atoms with Gasteiger partial charge in [-0.15, -0.1) is 0 Å². The third-order valence-electron chi connectivity index (χ3n) is 3.93. The van der Waals surface area contributed by atoms with Gasteiger partial charge in [0.1, 0.15) is 12.1 Å². The van der Waals surface area contributed by atoms with Gasteiger partial charge in [-0.2, -0.15) is 12.6 Å². The molecular weight excluding hydrogens is 326 g/mol. The maximum absolute atomic E-state index is 12.5. The van der Waals surface area contributed by atoms with Crippen LogP contribution in [0.1, 0.15) is 25.8 Å². The summed E-state index contributed by atoms with van der Waals surface area (Å²) >= 11 is 4.14. The van der Waals surface area contributed by atoms with Crippen molar-refractivity contribution in [3.63, 3.8) is 0 Å². The van der Waals surface area contributed by atoms with Crippen LogP contribution in [0.25, 0.3) is 0 Å². The van der Waals surface area contributed by atoms with Gasteiger partial charge >= 0.3 is 0 Å².